The summed E-state index contributed by atoms with van der Waals surface area (Å²) >= 11 is 0. The SMILES string of the molecule is NC(N)=NC(=O)C1C=NN(c2cccc3ncccc23)C1C1CC1. The lowest BCUT2D eigenvalue weighted by atomic mass is 9.96. The van der Waals surface area contributed by atoms with Crippen LogP contribution in [0.4, 0.5) is 5.69 Å². The summed E-state index contributed by atoms with van der Waals surface area (Å²) < 4.78 is 0. The van der Waals surface area contributed by atoms with E-state index in [-0.39, 0.29) is 17.9 Å². The summed E-state index contributed by atoms with van der Waals surface area (Å²) in [5.74, 6) is -0.554. The molecule has 1 aromatic carbocycles. The summed E-state index contributed by atoms with van der Waals surface area (Å²) in [5.41, 5.74) is 12.6. The molecule has 4 rings (SSSR count). The smallest absolute Gasteiger partial charge is 0.259 e. The number of benzene rings is 1. The van der Waals surface area contributed by atoms with E-state index in [0.717, 1.165) is 29.4 Å². The zero-order chi connectivity index (χ0) is 16.7. The van der Waals surface area contributed by atoms with Crippen LogP contribution in [-0.2, 0) is 4.79 Å². The molecule has 0 bridgehead atoms. The number of anilines is 1. The fraction of sp³-hybridized carbons (Fsp3) is 0.294. The quantitative estimate of drug-likeness (QED) is 0.652. The summed E-state index contributed by atoms with van der Waals surface area (Å²) in [7, 11) is 0. The second-order valence-corrected chi connectivity index (χ2v) is 6.19. The molecule has 7 heteroatoms. The van der Waals surface area contributed by atoms with Gasteiger partial charge in [0.2, 0.25) is 0 Å². The number of aliphatic imine (C=N–C) groups is 1. The van der Waals surface area contributed by atoms with Crippen LogP contribution in [0.3, 0.4) is 0 Å². The Morgan fingerprint density at radius 1 is 1.21 bits per heavy atom. The Hall–Kier alpha value is -2.96. The van der Waals surface area contributed by atoms with E-state index in [1.54, 1.807) is 12.4 Å². The van der Waals surface area contributed by atoms with E-state index in [9.17, 15) is 4.79 Å². The van der Waals surface area contributed by atoms with Crippen LogP contribution < -0.4 is 16.5 Å². The van der Waals surface area contributed by atoms with Crippen LogP contribution in [0.15, 0.2) is 46.6 Å². The summed E-state index contributed by atoms with van der Waals surface area (Å²) in [6.45, 7) is 0. The van der Waals surface area contributed by atoms with E-state index in [0.29, 0.717) is 5.92 Å². The van der Waals surface area contributed by atoms with Crippen LogP contribution in [0.2, 0.25) is 0 Å². The van der Waals surface area contributed by atoms with Crippen LogP contribution >= 0.6 is 0 Å². The highest BCUT2D eigenvalue weighted by atomic mass is 16.1. The number of hydrogen-bond acceptors (Lipinski definition) is 4. The van der Waals surface area contributed by atoms with E-state index in [4.69, 9.17) is 11.5 Å². The predicted molar refractivity (Wildman–Crippen MR) is 93.5 cm³/mol. The standard InChI is InChI=1S/C17H18N6O/c18-17(19)22-16(24)12-9-21-23(15(12)10-6-7-10)14-5-1-4-13-11(14)3-2-8-20-13/h1-5,8-10,12,15H,6-7H2,(H4,18,19,22,24). The Morgan fingerprint density at radius 2 is 2.04 bits per heavy atom. The van der Waals surface area contributed by atoms with Crippen molar-refractivity contribution in [1.29, 1.82) is 0 Å². The molecule has 1 amide bonds. The number of pyridine rings is 1. The highest BCUT2D eigenvalue weighted by Crippen LogP contribution is 2.44. The second-order valence-electron chi connectivity index (χ2n) is 6.19. The van der Waals surface area contributed by atoms with Crippen LogP contribution in [0.5, 0.6) is 0 Å². The van der Waals surface area contributed by atoms with E-state index in [1.807, 2.05) is 35.3 Å². The van der Waals surface area contributed by atoms with Gasteiger partial charge in [-0.05, 0) is 43.0 Å². The zero-order valence-corrected chi connectivity index (χ0v) is 13.0. The van der Waals surface area contributed by atoms with E-state index < -0.39 is 5.92 Å². The molecule has 2 aromatic rings. The third-order valence-corrected chi connectivity index (χ3v) is 4.50. The monoisotopic (exact) mass is 322 g/mol. The largest absolute Gasteiger partial charge is 0.370 e. The normalized spacial score (nSPS) is 22.8. The molecule has 1 aliphatic heterocycles. The van der Waals surface area contributed by atoms with Crippen LogP contribution in [0.25, 0.3) is 10.9 Å². The maximum atomic E-state index is 12.4. The minimum absolute atomic E-state index is 0.0496. The number of hydrogen-bond donors (Lipinski definition) is 2. The first kappa shape index (κ1) is 14.6. The van der Waals surface area contributed by atoms with E-state index in [1.165, 1.54) is 0 Å². The number of nitrogens with two attached hydrogens (primary N) is 2. The van der Waals surface area contributed by atoms with Crippen molar-refractivity contribution in [3.05, 3.63) is 36.5 Å². The van der Waals surface area contributed by atoms with Crippen LogP contribution in [-0.4, -0.2) is 29.1 Å². The Balaban J connectivity index is 1.74. The van der Waals surface area contributed by atoms with Gasteiger partial charge in [0.1, 0.15) is 5.92 Å². The van der Waals surface area contributed by atoms with Crippen LogP contribution in [0.1, 0.15) is 12.8 Å². The minimum Gasteiger partial charge on any atom is -0.370 e. The number of carbonyl (C=O) groups is 1. The molecule has 1 fully saturated rings. The van der Waals surface area contributed by atoms with Crippen molar-refractivity contribution >= 4 is 34.7 Å². The van der Waals surface area contributed by atoms with Gasteiger partial charge in [0, 0.05) is 17.8 Å². The number of fused-ring (bicyclic) bond motifs is 1. The first-order valence-corrected chi connectivity index (χ1v) is 7.96. The van der Waals surface area contributed by atoms with Crippen molar-refractivity contribution in [2.24, 2.45) is 33.4 Å². The molecule has 2 unspecified atom stereocenters. The molecule has 4 N–H and O–H groups in total. The zero-order valence-electron chi connectivity index (χ0n) is 13.0. The molecule has 1 saturated carbocycles. The van der Waals surface area contributed by atoms with E-state index in [2.05, 4.69) is 15.1 Å². The van der Waals surface area contributed by atoms with Crippen molar-refractivity contribution in [3.8, 4) is 0 Å². The molecular weight excluding hydrogens is 304 g/mol. The number of amides is 1. The summed E-state index contributed by atoms with van der Waals surface area (Å²) in [6.07, 6.45) is 5.59. The Kier molecular flexibility index (Phi) is 3.41. The average molecular weight is 322 g/mol. The van der Waals surface area contributed by atoms with Crippen molar-refractivity contribution in [2.75, 3.05) is 5.01 Å². The first-order chi connectivity index (χ1) is 11.6. The van der Waals surface area contributed by atoms with Gasteiger partial charge >= 0.3 is 0 Å². The van der Waals surface area contributed by atoms with Gasteiger partial charge in [0.15, 0.2) is 5.96 Å². The number of carbonyl (C=O) groups excluding carboxylic acids is 1. The average Bonchev–Trinajstić information content (AvgIpc) is 3.32. The molecule has 0 spiro atoms. The van der Waals surface area contributed by atoms with Crippen LogP contribution in [0, 0.1) is 11.8 Å². The number of rotatable bonds is 3. The fourth-order valence-corrected chi connectivity index (χ4v) is 3.31. The van der Waals surface area contributed by atoms with Gasteiger partial charge in [-0.2, -0.15) is 10.1 Å². The molecule has 7 nitrogen and oxygen atoms in total. The van der Waals surface area contributed by atoms with Crippen molar-refractivity contribution in [2.45, 2.75) is 18.9 Å². The Labute approximate surface area is 139 Å². The first-order valence-electron chi connectivity index (χ1n) is 7.96. The van der Waals surface area contributed by atoms with Gasteiger partial charge in [-0.25, -0.2) is 0 Å². The molecule has 2 atom stereocenters. The molecule has 122 valence electrons. The lowest BCUT2D eigenvalue weighted by Gasteiger charge is -2.27. The second kappa shape index (κ2) is 5.59. The van der Waals surface area contributed by atoms with Gasteiger partial charge < -0.3 is 11.5 Å². The summed E-state index contributed by atoms with van der Waals surface area (Å²) in [5, 5.41) is 7.47. The van der Waals surface area contributed by atoms with Gasteiger partial charge in [-0.1, -0.05) is 6.07 Å². The summed E-state index contributed by atoms with van der Waals surface area (Å²) in [6, 6.07) is 9.79. The maximum Gasteiger partial charge on any atom is 0.259 e. The molecule has 24 heavy (non-hydrogen) atoms. The molecule has 2 aliphatic rings. The highest BCUT2D eigenvalue weighted by molar-refractivity contribution is 6.03. The van der Waals surface area contributed by atoms with Crippen molar-refractivity contribution in [3.63, 3.8) is 0 Å². The number of hydrazone groups is 1. The molecule has 2 heterocycles. The minimum atomic E-state index is -0.425. The third kappa shape index (κ3) is 2.47. The van der Waals surface area contributed by atoms with Gasteiger partial charge in [0.05, 0.1) is 17.2 Å². The van der Waals surface area contributed by atoms with Gasteiger partial charge in [-0.15, -0.1) is 0 Å². The maximum absolute atomic E-state index is 12.4. The molecule has 1 aliphatic carbocycles. The number of nitrogens with zero attached hydrogens (tertiary/aromatic N) is 4. The predicted octanol–water partition coefficient (Wildman–Crippen LogP) is 1.24. The van der Waals surface area contributed by atoms with Gasteiger partial charge in [-0.3, -0.25) is 14.8 Å². The highest BCUT2D eigenvalue weighted by Gasteiger charge is 2.46. The lowest BCUT2D eigenvalue weighted by molar-refractivity contribution is -0.120. The molecule has 0 radical (unpaired) electrons. The van der Waals surface area contributed by atoms with Crippen molar-refractivity contribution in [1.82, 2.24) is 4.98 Å². The fourth-order valence-electron chi connectivity index (χ4n) is 3.31. The molecule has 0 saturated heterocycles. The topological polar surface area (TPSA) is 110 Å². The number of guanidine groups is 1. The van der Waals surface area contributed by atoms with E-state index >= 15 is 0 Å². The lowest BCUT2D eigenvalue weighted by Crippen LogP contribution is -2.38. The number of aromatic nitrogens is 1. The molecule has 1 aromatic heterocycles. The van der Waals surface area contributed by atoms with Gasteiger partial charge in [0.25, 0.3) is 5.91 Å². The third-order valence-electron chi connectivity index (χ3n) is 4.50. The summed E-state index contributed by atoms with van der Waals surface area (Å²) in [4.78, 5) is 20.5. The molecular formula is C17H18N6O. The Bertz CT molecular complexity index is 848. The Morgan fingerprint density at radius 3 is 2.79 bits per heavy atom. The van der Waals surface area contributed by atoms with Crippen molar-refractivity contribution < 1.29 is 4.79 Å².